The van der Waals surface area contributed by atoms with Gasteiger partial charge in [-0.2, -0.15) is 0 Å². The van der Waals surface area contributed by atoms with Gasteiger partial charge in [0.1, 0.15) is 55.8 Å². The molecule has 0 spiro atoms. The normalized spacial score (nSPS) is 13.3. The van der Waals surface area contributed by atoms with Gasteiger partial charge >= 0.3 is 23.9 Å². The van der Waals surface area contributed by atoms with Crippen molar-refractivity contribution in [1.82, 2.24) is 10.6 Å². The van der Waals surface area contributed by atoms with E-state index in [1.807, 2.05) is 27.7 Å². The highest BCUT2D eigenvalue weighted by atomic mass is 16.6. The van der Waals surface area contributed by atoms with Crippen LogP contribution in [-0.4, -0.2) is 91.3 Å². The van der Waals surface area contributed by atoms with E-state index in [1.54, 1.807) is 31.3 Å². The molecule has 2 aromatic carbocycles. The van der Waals surface area contributed by atoms with Gasteiger partial charge in [0, 0.05) is 19.8 Å². The van der Waals surface area contributed by atoms with Crippen LogP contribution >= 0.6 is 0 Å². The molecule has 0 heterocycles. The summed E-state index contributed by atoms with van der Waals surface area (Å²) in [7, 11) is 1.61. The molecule has 1 amide bonds. The summed E-state index contributed by atoms with van der Waals surface area (Å²) in [5.41, 5.74) is 1.47. The molecule has 4 atom stereocenters. The third kappa shape index (κ3) is 17.7. The van der Waals surface area contributed by atoms with Crippen molar-refractivity contribution in [3.63, 3.8) is 0 Å². The minimum atomic E-state index is -0.935. The molecule has 0 aliphatic rings. The van der Waals surface area contributed by atoms with E-state index in [9.17, 15) is 39.0 Å². The SMILES string of the molecule is CNC(Cc1ccc(O)cc1)C(=O)OCCOC(=O)C(CC(=O)CC(CC(C)C)C(=O)OCCOC(=O)C(CC(C)C)NC(C)=O)Cc1ccc(O)cc1. The van der Waals surface area contributed by atoms with E-state index >= 15 is 0 Å². The number of amides is 1. The number of rotatable bonds is 24. The minimum Gasteiger partial charge on any atom is -0.508 e. The highest BCUT2D eigenvalue weighted by Crippen LogP contribution is 2.23. The molecule has 14 nitrogen and oxygen atoms in total. The molecule has 0 aliphatic carbocycles. The predicted octanol–water partition coefficient (Wildman–Crippen LogP) is 3.82. The van der Waals surface area contributed by atoms with Crippen molar-refractivity contribution in [2.75, 3.05) is 33.5 Å². The van der Waals surface area contributed by atoms with E-state index in [0.29, 0.717) is 24.8 Å². The Balaban J connectivity index is 1.99. The van der Waals surface area contributed by atoms with Crippen LogP contribution in [0.2, 0.25) is 0 Å². The number of hydrogen-bond acceptors (Lipinski definition) is 13. The van der Waals surface area contributed by atoms with E-state index in [2.05, 4.69) is 10.6 Å². The lowest BCUT2D eigenvalue weighted by atomic mass is 9.88. The Morgan fingerprint density at radius 3 is 1.43 bits per heavy atom. The summed E-state index contributed by atoms with van der Waals surface area (Å²) < 4.78 is 21.4. The van der Waals surface area contributed by atoms with Crippen LogP contribution in [-0.2, 0) is 60.6 Å². The van der Waals surface area contributed by atoms with E-state index in [4.69, 9.17) is 18.9 Å². The van der Waals surface area contributed by atoms with Crippen LogP contribution in [0.3, 0.4) is 0 Å². The molecule has 2 aromatic rings. The number of likely N-dealkylation sites (N-methyl/N-ethyl adjacent to an activating group) is 1. The lowest BCUT2D eigenvalue weighted by Crippen LogP contribution is -2.42. The second-order valence-corrected chi connectivity index (χ2v) is 14.1. The number of esters is 4. The first-order valence-corrected chi connectivity index (χ1v) is 18.3. The molecular formula is C40H56N2O12. The van der Waals surface area contributed by atoms with Crippen LogP contribution in [0.4, 0.5) is 0 Å². The van der Waals surface area contributed by atoms with Gasteiger partial charge in [-0.15, -0.1) is 0 Å². The number of nitrogens with one attached hydrogen (secondary N) is 2. The Kier molecular flexibility index (Phi) is 19.8. The molecule has 0 aliphatic heterocycles. The summed E-state index contributed by atoms with van der Waals surface area (Å²) in [6, 6.07) is 11.1. The van der Waals surface area contributed by atoms with E-state index in [0.717, 1.165) is 5.56 Å². The molecule has 0 radical (unpaired) electrons. The van der Waals surface area contributed by atoms with Crippen molar-refractivity contribution in [2.45, 2.75) is 85.2 Å². The number of ketones is 1. The summed E-state index contributed by atoms with van der Waals surface area (Å²) >= 11 is 0. The average molecular weight is 757 g/mol. The zero-order valence-corrected chi connectivity index (χ0v) is 32.1. The quantitative estimate of drug-likeness (QED) is 0.0685. The highest BCUT2D eigenvalue weighted by Gasteiger charge is 2.30. The lowest BCUT2D eigenvalue weighted by Gasteiger charge is -2.20. The molecule has 14 heteroatoms. The fraction of sp³-hybridized carbons (Fsp3) is 0.550. The van der Waals surface area contributed by atoms with Crippen LogP contribution in [0.1, 0.15) is 71.4 Å². The summed E-state index contributed by atoms with van der Waals surface area (Å²) in [5, 5.41) is 24.7. The van der Waals surface area contributed by atoms with Crippen molar-refractivity contribution in [1.29, 1.82) is 0 Å². The van der Waals surface area contributed by atoms with Gasteiger partial charge in [-0.1, -0.05) is 52.0 Å². The third-order valence-corrected chi connectivity index (χ3v) is 8.31. The first-order valence-electron chi connectivity index (χ1n) is 18.3. The summed E-state index contributed by atoms with van der Waals surface area (Å²) in [6.07, 6.45) is 0.699. The van der Waals surface area contributed by atoms with E-state index in [1.165, 1.54) is 31.2 Å². The monoisotopic (exact) mass is 756 g/mol. The van der Waals surface area contributed by atoms with Crippen molar-refractivity contribution >= 4 is 35.6 Å². The minimum absolute atomic E-state index is 0.0340. The first-order chi connectivity index (χ1) is 25.6. The smallest absolute Gasteiger partial charge is 0.328 e. The van der Waals surface area contributed by atoms with Gasteiger partial charge in [-0.05, 0) is 80.0 Å². The van der Waals surface area contributed by atoms with Gasteiger partial charge < -0.3 is 39.8 Å². The number of carbonyl (C=O) groups is 6. The Morgan fingerprint density at radius 1 is 0.574 bits per heavy atom. The zero-order chi connectivity index (χ0) is 40.2. The summed E-state index contributed by atoms with van der Waals surface area (Å²) in [4.78, 5) is 76.5. The molecule has 0 aromatic heterocycles. The molecule has 4 N–H and O–H groups in total. The van der Waals surface area contributed by atoms with Crippen molar-refractivity contribution < 1.29 is 57.9 Å². The highest BCUT2D eigenvalue weighted by molar-refractivity contribution is 5.88. The molecule has 2 rings (SSSR count). The summed E-state index contributed by atoms with van der Waals surface area (Å²) in [6.45, 7) is 7.96. The number of benzene rings is 2. The fourth-order valence-corrected chi connectivity index (χ4v) is 5.73. The van der Waals surface area contributed by atoms with Gasteiger partial charge in [-0.3, -0.25) is 24.0 Å². The van der Waals surface area contributed by atoms with Crippen LogP contribution in [0.15, 0.2) is 48.5 Å². The largest absolute Gasteiger partial charge is 0.508 e. The van der Waals surface area contributed by atoms with Gasteiger partial charge in [0.05, 0.1) is 11.8 Å². The number of ether oxygens (including phenoxy) is 4. The van der Waals surface area contributed by atoms with Crippen LogP contribution in [0, 0.1) is 23.7 Å². The third-order valence-electron chi connectivity index (χ3n) is 8.31. The maximum Gasteiger partial charge on any atom is 0.328 e. The second kappa shape index (κ2) is 23.6. The lowest BCUT2D eigenvalue weighted by molar-refractivity contribution is -0.158. The van der Waals surface area contributed by atoms with Crippen molar-refractivity contribution in [3.8, 4) is 11.5 Å². The number of carbonyl (C=O) groups excluding carboxylic acids is 6. The number of hydrogen-bond donors (Lipinski definition) is 4. The summed E-state index contributed by atoms with van der Waals surface area (Å²) in [5.74, 6) is -4.71. The fourth-order valence-electron chi connectivity index (χ4n) is 5.73. The van der Waals surface area contributed by atoms with Crippen LogP contribution < -0.4 is 10.6 Å². The molecule has 54 heavy (non-hydrogen) atoms. The number of phenolic OH excluding ortho intramolecular Hbond substituents is 2. The van der Waals surface area contributed by atoms with Crippen LogP contribution in [0.5, 0.6) is 11.5 Å². The molecule has 0 saturated heterocycles. The standard InChI is InChI=1S/C40H56N2O12/c1-25(2)19-30(37(47)51-16-18-54-40(50)36(20-26(3)4)42-27(5)43)23-34(46)24-31(21-28-7-11-32(44)12-8-28)38(48)52-15-17-53-39(49)35(41-6)22-29-9-13-33(45)14-10-29/h7-14,25-26,30-31,35-36,41,44-45H,15-24H2,1-6H3,(H,42,43). The van der Waals surface area contributed by atoms with Crippen molar-refractivity contribution in [3.05, 3.63) is 59.7 Å². The van der Waals surface area contributed by atoms with Crippen LogP contribution in [0.25, 0.3) is 0 Å². The number of Topliss-reactive ketones (excluding diaryl/α,β-unsaturated/α-hetero) is 1. The first kappa shape index (κ1) is 45.2. The topological polar surface area (TPSA) is 204 Å². The molecule has 0 bridgehead atoms. The molecule has 0 saturated carbocycles. The maximum atomic E-state index is 13.4. The Morgan fingerprint density at radius 2 is 0.981 bits per heavy atom. The Bertz CT molecular complexity index is 1510. The van der Waals surface area contributed by atoms with Gasteiger partial charge in [0.2, 0.25) is 5.91 Å². The van der Waals surface area contributed by atoms with Gasteiger partial charge in [0.25, 0.3) is 0 Å². The zero-order valence-electron chi connectivity index (χ0n) is 32.1. The van der Waals surface area contributed by atoms with Gasteiger partial charge in [0.15, 0.2) is 0 Å². The molecule has 0 fully saturated rings. The number of phenols is 2. The maximum absolute atomic E-state index is 13.4. The predicted molar refractivity (Wildman–Crippen MR) is 198 cm³/mol. The molecule has 4 unspecified atom stereocenters. The number of aromatic hydroxyl groups is 2. The Hall–Kier alpha value is -4.98. The van der Waals surface area contributed by atoms with E-state index < -0.39 is 47.8 Å². The average Bonchev–Trinajstić information content (AvgIpc) is 3.10. The Labute approximate surface area is 317 Å². The van der Waals surface area contributed by atoms with E-state index in [-0.39, 0.29) is 80.7 Å². The molecular weight excluding hydrogens is 700 g/mol. The van der Waals surface area contributed by atoms with Crippen molar-refractivity contribution in [2.24, 2.45) is 23.7 Å². The second-order valence-electron chi connectivity index (χ2n) is 14.1. The molecule has 298 valence electrons. The van der Waals surface area contributed by atoms with Gasteiger partial charge in [-0.25, -0.2) is 4.79 Å².